The molecular weight excluding hydrogens is 280 g/mol. The van der Waals surface area contributed by atoms with Gasteiger partial charge in [0.15, 0.2) is 0 Å². The molecule has 2 amide bonds. The molecule has 6 nitrogen and oxygen atoms in total. The zero-order chi connectivity index (χ0) is 15.4. The van der Waals surface area contributed by atoms with Crippen LogP contribution in [0, 0.1) is 11.8 Å². The highest BCUT2D eigenvalue weighted by Crippen LogP contribution is 2.36. The number of amides is 2. The number of morpholine rings is 1. The molecule has 6 heteroatoms. The monoisotopic (exact) mass is 304 g/mol. The first-order valence-electron chi connectivity index (χ1n) is 8.02. The third-order valence-corrected chi connectivity index (χ3v) is 4.42. The first kappa shape index (κ1) is 15.1. The molecule has 0 bridgehead atoms. The fourth-order valence-corrected chi connectivity index (χ4v) is 2.77. The second-order valence-corrected chi connectivity index (χ2v) is 6.12. The Labute approximate surface area is 131 Å². The molecule has 0 spiro atoms. The van der Waals surface area contributed by atoms with Crippen molar-refractivity contribution in [3.05, 3.63) is 23.9 Å². The summed E-state index contributed by atoms with van der Waals surface area (Å²) in [6.07, 6.45) is 3.02. The van der Waals surface area contributed by atoms with Gasteiger partial charge in [0.2, 0.25) is 0 Å². The topological polar surface area (TPSA) is 66.5 Å². The van der Waals surface area contributed by atoms with Crippen LogP contribution in [0.4, 0.5) is 10.6 Å². The molecule has 0 radical (unpaired) electrons. The van der Waals surface area contributed by atoms with E-state index in [1.165, 1.54) is 6.42 Å². The van der Waals surface area contributed by atoms with Crippen molar-refractivity contribution in [3.8, 4) is 0 Å². The van der Waals surface area contributed by atoms with Gasteiger partial charge in [-0.2, -0.15) is 0 Å². The molecule has 3 rings (SSSR count). The van der Waals surface area contributed by atoms with E-state index in [2.05, 4.69) is 27.4 Å². The lowest BCUT2D eigenvalue weighted by Crippen LogP contribution is -2.39. The van der Waals surface area contributed by atoms with Crippen LogP contribution in [-0.4, -0.2) is 43.9 Å². The van der Waals surface area contributed by atoms with Crippen molar-refractivity contribution in [3.63, 3.8) is 0 Å². The predicted octanol–water partition coefficient (Wildman–Crippen LogP) is 1.37. The van der Waals surface area contributed by atoms with Gasteiger partial charge in [0.05, 0.1) is 13.2 Å². The van der Waals surface area contributed by atoms with Gasteiger partial charge in [-0.15, -0.1) is 0 Å². The summed E-state index contributed by atoms with van der Waals surface area (Å²) in [5.41, 5.74) is 1.04. The van der Waals surface area contributed by atoms with Gasteiger partial charge in [-0.1, -0.05) is 13.0 Å². The van der Waals surface area contributed by atoms with Crippen LogP contribution in [0.5, 0.6) is 0 Å². The molecule has 1 aliphatic carbocycles. The van der Waals surface area contributed by atoms with Crippen LogP contribution >= 0.6 is 0 Å². The molecule has 0 unspecified atom stereocenters. The molecule has 0 aromatic carbocycles. The number of hydrogen-bond acceptors (Lipinski definition) is 4. The largest absolute Gasteiger partial charge is 0.378 e. The Morgan fingerprint density at radius 3 is 2.91 bits per heavy atom. The fraction of sp³-hybridized carbons (Fsp3) is 0.625. The van der Waals surface area contributed by atoms with Gasteiger partial charge in [0, 0.05) is 37.9 Å². The number of anilines is 1. The summed E-state index contributed by atoms with van der Waals surface area (Å²) >= 11 is 0. The van der Waals surface area contributed by atoms with Gasteiger partial charge >= 0.3 is 6.03 Å². The molecule has 2 heterocycles. The summed E-state index contributed by atoms with van der Waals surface area (Å²) in [7, 11) is 0. The molecule has 1 saturated carbocycles. The summed E-state index contributed by atoms with van der Waals surface area (Å²) in [6, 6.07) is 3.82. The standard InChI is InChI=1S/C16H24N4O2/c1-12-9-14(12)11-19-16(21)18-10-13-3-2-4-17-15(13)20-5-7-22-8-6-20/h2-4,12,14H,5-11H2,1H3,(H2,18,19,21)/t12-,14-/m0/s1. The van der Waals surface area contributed by atoms with E-state index in [0.717, 1.165) is 50.1 Å². The van der Waals surface area contributed by atoms with E-state index in [9.17, 15) is 4.79 Å². The minimum Gasteiger partial charge on any atom is -0.378 e. The van der Waals surface area contributed by atoms with Crippen LogP contribution < -0.4 is 15.5 Å². The number of carbonyl (C=O) groups excluding carboxylic acids is 1. The highest BCUT2D eigenvalue weighted by molar-refractivity contribution is 5.74. The van der Waals surface area contributed by atoms with Crippen LogP contribution in [0.1, 0.15) is 18.9 Å². The molecule has 1 aromatic rings. The molecule has 22 heavy (non-hydrogen) atoms. The molecule has 1 aliphatic heterocycles. The lowest BCUT2D eigenvalue weighted by molar-refractivity contribution is 0.122. The van der Waals surface area contributed by atoms with Crippen molar-refractivity contribution in [2.75, 3.05) is 37.7 Å². The van der Waals surface area contributed by atoms with Crippen molar-refractivity contribution in [1.29, 1.82) is 0 Å². The Morgan fingerprint density at radius 2 is 2.18 bits per heavy atom. The van der Waals surface area contributed by atoms with E-state index < -0.39 is 0 Å². The third kappa shape index (κ3) is 3.88. The molecule has 2 N–H and O–H groups in total. The van der Waals surface area contributed by atoms with E-state index in [1.54, 1.807) is 6.20 Å². The van der Waals surface area contributed by atoms with Crippen LogP contribution in [0.2, 0.25) is 0 Å². The van der Waals surface area contributed by atoms with Crippen LogP contribution in [0.25, 0.3) is 0 Å². The highest BCUT2D eigenvalue weighted by Gasteiger charge is 2.32. The van der Waals surface area contributed by atoms with Gasteiger partial charge in [0.25, 0.3) is 0 Å². The maximum absolute atomic E-state index is 11.9. The molecule has 1 saturated heterocycles. The molecule has 2 atom stereocenters. The smallest absolute Gasteiger partial charge is 0.315 e. The van der Waals surface area contributed by atoms with Crippen LogP contribution in [0.15, 0.2) is 18.3 Å². The Bertz CT molecular complexity index is 517. The minimum absolute atomic E-state index is 0.101. The number of carbonyl (C=O) groups is 1. The SMILES string of the molecule is C[C@H]1C[C@H]1CNC(=O)NCc1cccnc1N1CCOCC1. The first-order chi connectivity index (χ1) is 10.7. The zero-order valence-electron chi connectivity index (χ0n) is 13.0. The maximum Gasteiger partial charge on any atom is 0.315 e. The lowest BCUT2D eigenvalue weighted by atomic mass is 10.2. The van der Waals surface area contributed by atoms with E-state index >= 15 is 0 Å². The van der Waals surface area contributed by atoms with Gasteiger partial charge in [-0.3, -0.25) is 0 Å². The molecule has 1 aromatic heterocycles. The number of hydrogen-bond donors (Lipinski definition) is 2. The van der Waals surface area contributed by atoms with E-state index in [4.69, 9.17) is 4.74 Å². The Balaban J connectivity index is 1.52. The normalized spacial score (nSPS) is 24.0. The van der Waals surface area contributed by atoms with Crippen molar-refractivity contribution in [2.45, 2.75) is 19.9 Å². The quantitative estimate of drug-likeness (QED) is 0.862. The molecule has 120 valence electrons. The van der Waals surface area contributed by atoms with Gasteiger partial charge < -0.3 is 20.3 Å². The summed E-state index contributed by atoms with van der Waals surface area (Å²) in [6.45, 7) is 6.62. The molecular formula is C16H24N4O2. The summed E-state index contributed by atoms with van der Waals surface area (Å²) in [5, 5.41) is 5.87. The van der Waals surface area contributed by atoms with Crippen LogP contribution in [-0.2, 0) is 11.3 Å². The average molecular weight is 304 g/mol. The van der Waals surface area contributed by atoms with Gasteiger partial charge in [0.1, 0.15) is 5.82 Å². The van der Waals surface area contributed by atoms with Crippen LogP contribution in [0.3, 0.4) is 0 Å². The first-order valence-corrected chi connectivity index (χ1v) is 8.02. The Kier molecular flexibility index (Phi) is 4.77. The van der Waals surface area contributed by atoms with E-state index in [0.29, 0.717) is 12.5 Å². The second-order valence-electron chi connectivity index (χ2n) is 6.12. The van der Waals surface area contributed by atoms with E-state index in [1.807, 2.05) is 12.1 Å². The number of urea groups is 1. The number of aromatic nitrogens is 1. The third-order valence-electron chi connectivity index (χ3n) is 4.42. The Morgan fingerprint density at radius 1 is 1.41 bits per heavy atom. The van der Waals surface area contributed by atoms with Crippen molar-refractivity contribution >= 4 is 11.8 Å². The van der Waals surface area contributed by atoms with Gasteiger partial charge in [-0.25, -0.2) is 9.78 Å². The van der Waals surface area contributed by atoms with Gasteiger partial charge in [-0.05, 0) is 24.3 Å². The predicted molar refractivity (Wildman–Crippen MR) is 84.8 cm³/mol. The Hall–Kier alpha value is -1.82. The zero-order valence-corrected chi connectivity index (χ0v) is 13.0. The van der Waals surface area contributed by atoms with Crippen molar-refractivity contribution in [1.82, 2.24) is 15.6 Å². The van der Waals surface area contributed by atoms with Crippen molar-refractivity contribution < 1.29 is 9.53 Å². The minimum atomic E-state index is -0.101. The average Bonchev–Trinajstić information content (AvgIpc) is 3.27. The number of ether oxygens (including phenoxy) is 1. The summed E-state index contributed by atoms with van der Waals surface area (Å²) < 4.78 is 5.38. The number of rotatable bonds is 5. The lowest BCUT2D eigenvalue weighted by Gasteiger charge is -2.29. The number of nitrogens with one attached hydrogen (secondary N) is 2. The summed E-state index contributed by atoms with van der Waals surface area (Å²) in [4.78, 5) is 18.6. The number of pyridine rings is 1. The van der Waals surface area contributed by atoms with E-state index in [-0.39, 0.29) is 6.03 Å². The maximum atomic E-state index is 11.9. The second kappa shape index (κ2) is 6.96. The van der Waals surface area contributed by atoms with Crippen molar-refractivity contribution in [2.24, 2.45) is 11.8 Å². The molecule has 2 fully saturated rings. The molecule has 2 aliphatic rings. The summed E-state index contributed by atoms with van der Waals surface area (Å²) in [5.74, 6) is 2.36. The fourth-order valence-electron chi connectivity index (χ4n) is 2.77. The number of nitrogens with zero attached hydrogens (tertiary/aromatic N) is 2. The highest BCUT2D eigenvalue weighted by atomic mass is 16.5.